The Morgan fingerprint density at radius 3 is 2.79 bits per heavy atom. The molecule has 1 fully saturated rings. The number of halogens is 2. The van der Waals surface area contributed by atoms with Gasteiger partial charge in [0.15, 0.2) is 5.11 Å². The number of nitrogens with one attached hydrogen (secondary N) is 2. The van der Waals surface area contributed by atoms with E-state index < -0.39 is 5.82 Å². The first-order chi connectivity index (χ1) is 11.6. The van der Waals surface area contributed by atoms with Crippen molar-refractivity contribution in [3.05, 3.63) is 64.9 Å². The molecule has 6 heteroatoms. The van der Waals surface area contributed by atoms with E-state index >= 15 is 0 Å². The van der Waals surface area contributed by atoms with Crippen molar-refractivity contribution in [3.63, 3.8) is 0 Å². The zero-order valence-corrected chi connectivity index (χ0v) is 14.7. The molecule has 3 nitrogen and oxygen atoms in total. The summed E-state index contributed by atoms with van der Waals surface area (Å²) in [7, 11) is 0. The summed E-state index contributed by atoms with van der Waals surface area (Å²) < 4.78 is 13.2. The second-order valence-electron chi connectivity index (χ2n) is 5.93. The van der Waals surface area contributed by atoms with E-state index in [1.54, 1.807) is 6.07 Å². The highest BCUT2D eigenvalue weighted by molar-refractivity contribution is 7.80. The molecule has 1 saturated heterocycles. The van der Waals surface area contributed by atoms with Gasteiger partial charge in [0.2, 0.25) is 0 Å². The summed E-state index contributed by atoms with van der Waals surface area (Å²) >= 11 is 11.1. The Hall–Kier alpha value is -1.69. The van der Waals surface area contributed by atoms with E-state index in [2.05, 4.69) is 39.8 Å². The lowest BCUT2D eigenvalue weighted by Crippen LogP contribution is -2.39. The van der Waals surface area contributed by atoms with E-state index in [1.807, 2.05) is 6.07 Å². The topological polar surface area (TPSA) is 27.3 Å². The molecule has 126 valence electrons. The SMILES string of the molecule is Fc1ccc(NC(=S)N[C@H]2CCN(Cc3ccccc3)C2)cc1Cl. The number of likely N-dealkylation sites (tertiary alicyclic amines) is 1. The third-order valence-electron chi connectivity index (χ3n) is 4.03. The van der Waals surface area contributed by atoms with Crippen LogP contribution in [0.4, 0.5) is 10.1 Å². The number of anilines is 1. The number of thiocarbonyl (C=S) groups is 1. The van der Waals surface area contributed by atoms with E-state index in [9.17, 15) is 4.39 Å². The van der Waals surface area contributed by atoms with Crippen LogP contribution in [0.1, 0.15) is 12.0 Å². The summed E-state index contributed by atoms with van der Waals surface area (Å²) in [4.78, 5) is 2.41. The van der Waals surface area contributed by atoms with E-state index in [0.717, 1.165) is 26.1 Å². The largest absolute Gasteiger partial charge is 0.358 e. The Labute approximate surface area is 151 Å². The highest BCUT2D eigenvalue weighted by Gasteiger charge is 2.22. The van der Waals surface area contributed by atoms with Crippen molar-refractivity contribution in [1.29, 1.82) is 0 Å². The molecule has 2 aromatic rings. The lowest BCUT2D eigenvalue weighted by atomic mass is 10.2. The van der Waals surface area contributed by atoms with Crippen LogP contribution in [0.15, 0.2) is 48.5 Å². The van der Waals surface area contributed by atoms with E-state index in [0.29, 0.717) is 16.8 Å². The van der Waals surface area contributed by atoms with Crippen molar-refractivity contribution in [2.75, 3.05) is 18.4 Å². The average molecular weight is 364 g/mol. The highest BCUT2D eigenvalue weighted by atomic mass is 35.5. The second-order valence-corrected chi connectivity index (χ2v) is 6.75. The molecule has 0 radical (unpaired) electrons. The zero-order valence-electron chi connectivity index (χ0n) is 13.1. The molecule has 0 saturated carbocycles. The van der Waals surface area contributed by atoms with Crippen LogP contribution in [-0.2, 0) is 6.54 Å². The van der Waals surface area contributed by atoms with Crippen LogP contribution >= 0.6 is 23.8 Å². The zero-order chi connectivity index (χ0) is 16.9. The maximum absolute atomic E-state index is 13.2. The van der Waals surface area contributed by atoms with Gasteiger partial charge < -0.3 is 10.6 Å². The smallest absolute Gasteiger partial charge is 0.171 e. The summed E-state index contributed by atoms with van der Waals surface area (Å²) in [5.41, 5.74) is 2.00. The molecule has 0 bridgehead atoms. The Morgan fingerprint density at radius 1 is 1.25 bits per heavy atom. The van der Waals surface area contributed by atoms with Gasteiger partial charge in [0, 0.05) is 31.4 Å². The van der Waals surface area contributed by atoms with Gasteiger partial charge in [0.25, 0.3) is 0 Å². The van der Waals surface area contributed by atoms with Crippen LogP contribution in [0.3, 0.4) is 0 Å². The maximum atomic E-state index is 13.2. The Bertz CT molecular complexity index is 711. The van der Waals surface area contributed by atoms with Gasteiger partial charge >= 0.3 is 0 Å². The van der Waals surface area contributed by atoms with Crippen LogP contribution in [-0.4, -0.2) is 29.1 Å². The molecule has 0 spiro atoms. The standard InChI is InChI=1S/C18H19ClFN3S/c19-16-10-14(6-7-17(16)20)21-18(24)22-15-8-9-23(12-15)11-13-4-2-1-3-5-13/h1-7,10,15H,8-9,11-12H2,(H2,21,22,24)/t15-/m0/s1. The normalized spacial score (nSPS) is 17.7. The molecular formula is C18H19ClFN3S. The molecule has 1 heterocycles. The molecule has 2 N–H and O–H groups in total. The van der Waals surface area contributed by atoms with Gasteiger partial charge in [0.05, 0.1) is 5.02 Å². The van der Waals surface area contributed by atoms with Gasteiger partial charge in [-0.25, -0.2) is 4.39 Å². The van der Waals surface area contributed by atoms with Crippen LogP contribution in [0.5, 0.6) is 0 Å². The average Bonchev–Trinajstić information content (AvgIpc) is 2.99. The first-order valence-corrected chi connectivity index (χ1v) is 8.67. The summed E-state index contributed by atoms with van der Waals surface area (Å²) in [5.74, 6) is -0.437. The Balaban J connectivity index is 1.48. The quantitative estimate of drug-likeness (QED) is 0.802. The Kier molecular flexibility index (Phi) is 5.66. The third-order valence-corrected chi connectivity index (χ3v) is 4.54. The molecule has 1 atom stereocenters. The number of rotatable bonds is 4. The minimum Gasteiger partial charge on any atom is -0.358 e. The number of hydrogen-bond acceptors (Lipinski definition) is 2. The molecule has 0 aromatic heterocycles. The summed E-state index contributed by atoms with van der Waals surface area (Å²) in [6, 6.07) is 15.2. The first-order valence-electron chi connectivity index (χ1n) is 7.89. The molecule has 0 aliphatic carbocycles. The summed E-state index contributed by atoms with van der Waals surface area (Å²) in [5, 5.41) is 6.98. The fourth-order valence-corrected chi connectivity index (χ4v) is 3.33. The fourth-order valence-electron chi connectivity index (χ4n) is 2.86. The van der Waals surface area contributed by atoms with E-state index in [1.165, 1.54) is 17.7 Å². The van der Waals surface area contributed by atoms with Crippen molar-refractivity contribution >= 4 is 34.6 Å². The van der Waals surface area contributed by atoms with Gasteiger partial charge in [-0.1, -0.05) is 41.9 Å². The van der Waals surface area contributed by atoms with Crippen LogP contribution in [0, 0.1) is 5.82 Å². The molecular weight excluding hydrogens is 345 g/mol. The van der Waals surface area contributed by atoms with Gasteiger partial charge in [-0.3, -0.25) is 4.90 Å². The van der Waals surface area contributed by atoms with Crippen molar-refractivity contribution in [1.82, 2.24) is 10.2 Å². The van der Waals surface area contributed by atoms with Crippen LogP contribution in [0.2, 0.25) is 5.02 Å². The fraction of sp³-hybridized carbons (Fsp3) is 0.278. The van der Waals surface area contributed by atoms with E-state index in [-0.39, 0.29) is 5.02 Å². The predicted octanol–water partition coefficient (Wildman–Crippen LogP) is 4.04. The monoisotopic (exact) mass is 363 g/mol. The van der Waals surface area contributed by atoms with Gasteiger partial charge in [-0.15, -0.1) is 0 Å². The number of nitrogens with zero attached hydrogens (tertiary/aromatic N) is 1. The minimum absolute atomic E-state index is 0.0812. The van der Waals surface area contributed by atoms with Gasteiger partial charge in [-0.2, -0.15) is 0 Å². The highest BCUT2D eigenvalue weighted by Crippen LogP contribution is 2.19. The van der Waals surface area contributed by atoms with Crippen LogP contribution < -0.4 is 10.6 Å². The molecule has 0 amide bonds. The predicted molar refractivity (Wildman–Crippen MR) is 101 cm³/mol. The van der Waals surface area contributed by atoms with Gasteiger partial charge in [0.1, 0.15) is 5.82 Å². The van der Waals surface area contributed by atoms with Crippen molar-refractivity contribution in [2.45, 2.75) is 19.0 Å². The van der Waals surface area contributed by atoms with Crippen LogP contribution in [0.25, 0.3) is 0 Å². The Morgan fingerprint density at radius 2 is 2.04 bits per heavy atom. The number of hydrogen-bond donors (Lipinski definition) is 2. The van der Waals surface area contributed by atoms with E-state index in [4.69, 9.17) is 23.8 Å². The molecule has 3 rings (SSSR count). The minimum atomic E-state index is -0.437. The molecule has 1 aliphatic rings. The second kappa shape index (κ2) is 7.92. The molecule has 24 heavy (non-hydrogen) atoms. The lowest BCUT2D eigenvalue weighted by Gasteiger charge is -2.18. The lowest BCUT2D eigenvalue weighted by molar-refractivity contribution is 0.324. The van der Waals surface area contributed by atoms with Crippen molar-refractivity contribution < 1.29 is 4.39 Å². The molecule has 1 aliphatic heterocycles. The third kappa shape index (κ3) is 4.66. The van der Waals surface area contributed by atoms with Crippen molar-refractivity contribution in [2.24, 2.45) is 0 Å². The van der Waals surface area contributed by atoms with Crippen molar-refractivity contribution in [3.8, 4) is 0 Å². The van der Waals surface area contributed by atoms with Gasteiger partial charge in [-0.05, 0) is 42.4 Å². The first kappa shape index (κ1) is 17.1. The number of benzene rings is 2. The molecule has 0 unspecified atom stereocenters. The molecule has 2 aromatic carbocycles. The maximum Gasteiger partial charge on any atom is 0.171 e. The summed E-state index contributed by atoms with van der Waals surface area (Å²) in [6.45, 7) is 2.94. The summed E-state index contributed by atoms with van der Waals surface area (Å²) in [6.07, 6.45) is 1.04.